The highest BCUT2D eigenvalue weighted by atomic mass is 19.1. The quantitative estimate of drug-likeness (QED) is 0.576. The van der Waals surface area contributed by atoms with Crippen LogP contribution in [0.25, 0.3) is 0 Å². The molecule has 1 N–H and O–H groups in total. The van der Waals surface area contributed by atoms with Crippen molar-refractivity contribution in [3.05, 3.63) is 23.8 Å². The minimum atomic E-state index is -1.07. The number of fused-ring (bicyclic) bond motifs is 5. The lowest BCUT2D eigenvalue weighted by molar-refractivity contribution is -0.156. The molecule has 4 rings (SSSR count). The van der Waals surface area contributed by atoms with Crippen LogP contribution in [0.5, 0.6) is 0 Å². The van der Waals surface area contributed by atoms with Crippen LogP contribution in [0.1, 0.15) is 52.9 Å². The van der Waals surface area contributed by atoms with Gasteiger partial charge in [0.25, 0.3) is 0 Å². The minimum absolute atomic E-state index is 0.0190. The van der Waals surface area contributed by atoms with Gasteiger partial charge in [0.2, 0.25) is 0 Å². The monoisotopic (exact) mass is 348 g/mol. The molecule has 8 atom stereocenters. The molecule has 0 radical (unpaired) electrons. The average Bonchev–Trinajstić information content (AvgIpc) is 2.79. The summed E-state index contributed by atoms with van der Waals surface area (Å²) < 4.78 is 20.2. The molecule has 0 bridgehead atoms. The average molecular weight is 348 g/mol. The van der Waals surface area contributed by atoms with Crippen molar-refractivity contribution < 1.29 is 19.0 Å². The zero-order chi connectivity index (χ0) is 18.0. The van der Waals surface area contributed by atoms with Crippen molar-refractivity contribution in [1.29, 1.82) is 0 Å². The summed E-state index contributed by atoms with van der Waals surface area (Å²) in [7, 11) is 0. The fourth-order valence-corrected chi connectivity index (χ4v) is 6.40. The van der Waals surface area contributed by atoms with E-state index in [4.69, 9.17) is 4.74 Å². The molecular weight excluding hydrogens is 319 g/mol. The molecule has 2 saturated carbocycles. The number of hydrogen-bond donors (Lipinski definition) is 1. The SMILES string of the molecule is CC(=O)O[C@H]1[C@H](F)C[C@H]2[C@@H]3CC[C@@H]4C[C@@H](O)C=C[C@]4(C)C3=CC[C@@]21C. The van der Waals surface area contributed by atoms with Crippen LogP contribution in [0.15, 0.2) is 23.8 Å². The highest BCUT2D eigenvalue weighted by Gasteiger charge is 2.61. The van der Waals surface area contributed by atoms with Crippen molar-refractivity contribution in [3.63, 3.8) is 0 Å². The Morgan fingerprint density at radius 2 is 2.08 bits per heavy atom. The largest absolute Gasteiger partial charge is 0.459 e. The molecule has 0 aromatic rings. The van der Waals surface area contributed by atoms with Gasteiger partial charge in [-0.2, -0.15) is 0 Å². The number of alkyl halides is 1. The number of hydrogen-bond acceptors (Lipinski definition) is 3. The molecule has 25 heavy (non-hydrogen) atoms. The van der Waals surface area contributed by atoms with Gasteiger partial charge in [-0.05, 0) is 49.9 Å². The highest BCUT2D eigenvalue weighted by Crippen LogP contribution is 2.63. The van der Waals surface area contributed by atoms with E-state index in [9.17, 15) is 14.3 Å². The lowest BCUT2D eigenvalue weighted by Crippen LogP contribution is -2.48. The Labute approximate surface area is 149 Å². The van der Waals surface area contributed by atoms with Crippen molar-refractivity contribution in [3.8, 4) is 0 Å². The molecule has 0 amide bonds. The van der Waals surface area contributed by atoms with Gasteiger partial charge in [-0.15, -0.1) is 0 Å². The summed E-state index contributed by atoms with van der Waals surface area (Å²) in [6, 6.07) is 0. The maximum absolute atomic E-state index is 14.8. The smallest absolute Gasteiger partial charge is 0.303 e. The molecule has 0 aliphatic heterocycles. The Hall–Kier alpha value is -1.16. The molecule has 4 aliphatic carbocycles. The van der Waals surface area contributed by atoms with Crippen molar-refractivity contribution >= 4 is 5.97 Å². The maximum Gasteiger partial charge on any atom is 0.303 e. The topological polar surface area (TPSA) is 46.5 Å². The molecule has 0 aromatic heterocycles. The number of aliphatic hydroxyl groups excluding tert-OH is 1. The first-order chi connectivity index (χ1) is 11.8. The van der Waals surface area contributed by atoms with Gasteiger partial charge in [-0.1, -0.05) is 37.6 Å². The second kappa shape index (κ2) is 5.67. The minimum Gasteiger partial charge on any atom is -0.459 e. The van der Waals surface area contributed by atoms with Crippen LogP contribution < -0.4 is 0 Å². The van der Waals surface area contributed by atoms with Gasteiger partial charge < -0.3 is 9.84 Å². The standard InChI is InChI=1S/C21H29FO3/c1-12(23)25-19-18(22)11-17-15-5-4-13-10-14(24)6-8-20(13,2)16(15)7-9-21(17,19)3/h6-8,13-15,17-19,24H,4-5,9-11H2,1-3H3/t13-,14+,15-,17+,18-,19+,20+,21+/m1/s1. The molecule has 0 spiro atoms. The van der Waals surface area contributed by atoms with E-state index in [1.165, 1.54) is 12.5 Å². The first kappa shape index (κ1) is 17.3. The van der Waals surface area contributed by atoms with Gasteiger partial charge in [-0.3, -0.25) is 4.79 Å². The Kier molecular flexibility index (Phi) is 3.91. The van der Waals surface area contributed by atoms with Crippen LogP contribution in [0.4, 0.5) is 4.39 Å². The van der Waals surface area contributed by atoms with Crippen LogP contribution in [0.2, 0.25) is 0 Å². The summed E-state index contributed by atoms with van der Waals surface area (Å²) in [5.41, 5.74) is 1.11. The van der Waals surface area contributed by atoms with E-state index in [1.54, 1.807) is 0 Å². The molecule has 4 aliphatic rings. The summed E-state index contributed by atoms with van der Waals surface area (Å²) in [5.74, 6) is 0.666. The van der Waals surface area contributed by atoms with E-state index >= 15 is 0 Å². The summed E-state index contributed by atoms with van der Waals surface area (Å²) >= 11 is 0. The summed E-state index contributed by atoms with van der Waals surface area (Å²) in [5, 5.41) is 10.00. The fraction of sp³-hybridized carbons (Fsp3) is 0.762. The Morgan fingerprint density at radius 3 is 2.80 bits per heavy atom. The normalized spacial score (nSPS) is 51.2. The zero-order valence-corrected chi connectivity index (χ0v) is 15.4. The lowest BCUT2D eigenvalue weighted by Gasteiger charge is -2.54. The van der Waals surface area contributed by atoms with Crippen LogP contribution >= 0.6 is 0 Å². The number of carbonyl (C=O) groups is 1. The predicted octanol–water partition coefficient (Wildman–Crippen LogP) is 3.97. The Morgan fingerprint density at radius 1 is 1.32 bits per heavy atom. The molecule has 0 aromatic carbocycles. The van der Waals surface area contributed by atoms with Crippen LogP contribution in [-0.2, 0) is 9.53 Å². The van der Waals surface area contributed by atoms with Crippen LogP contribution in [0.3, 0.4) is 0 Å². The van der Waals surface area contributed by atoms with Gasteiger partial charge in [0.1, 0.15) is 12.3 Å². The van der Waals surface area contributed by atoms with Crippen LogP contribution in [0, 0.1) is 28.6 Å². The van der Waals surface area contributed by atoms with Crippen molar-refractivity contribution in [2.45, 2.75) is 71.3 Å². The summed E-state index contributed by atoms with van der Waals surface area (Å²) in [6.45, 7) is 5.76. The second-order valence-corrected chi connectivity index (χ2v) is 9.08. The van der Waals surface area contributed by atoms with Gasteiger partial charge in [0.05, 0.1) is 6.10 Å². The summed E-state index contributed by atoms with van der Waals surface area (Å²) in [4.78, 5) is 11.5. The molecular formula is C21H29FO3. The van der Waals surface area contributed by atoms with Crippen molar-refractivity contribution in [1.82, 2.24) is 0 Å². The van der Waals surface area contributed by atoms with E-state index < -0.39 is 12.3 Å². The number of esters is 1. The third kappa shape index (κ3) is 2.43. The Bertz CT molecular complexity index is 641. The van der Waals surface area contributed by atoms with Crippen molar-refractivity contribution in [2.24, 2.45) is 28.6 Å². The molecule has 138 valence electrons. The van der Waals surface area contributed by atoms with E-state index in [-0.39, 0.29) is 28.8 Å². The molecule has 0 unspecified atom stereocenters. The van der Waals surface area contributed by atoms with Crippen molar-refractivity contribution in [2.75, 3.05) is 0 Å². The van der Waals surface area contributed by atoms with Gasteiger partial charge in [0.15, 0.2) is 0 Å². The highest BCUT2D eigenvalue weighted by molar-refractivity contribution is 5.66. The van der Waals surface area contributed by atoms with E-state index in [0.29, 0.717) is 18.3 Å². The predicted molar refractivity (Wildman–Crippen MR) is 93.4 cm³/mol. The molecule has 2 fully saturated rings. The number of halogens is 1. The third-order valence-electron chi connectivity index (χ3n) is 7.73. The van der Waals surface area contributed by atoms with E-state index in [2.05, 4.69) is 26.0 Å². The number of ether oxygens (including phenoxy) is 1. The van der Waals surface area contributed by atoms with Gasteiger partial charge >= 0.3 is 5.97 Å². The maximum atomic E-state index is 14.8. The first-order valence-corrected chi connectivity index (χ1v) is 9.65. The summed E-state index contributed by atoms with van der Waals surface area (Å²) in [6.07, 6.45) is 8.60. The van der Waals surface area contributed by atoms with E-state index in [0.717, 1.165) is 25.7 Å². The molecule has 4 heteroatoms. The lowest BCUT2D eigenvalue weighted by atomic mass is 9.50. The number of carbonyl (C=O) groups excluding carboxylic acids is 1. The second-order valence-electron chi connectivity index (χ2n) is 9.08. The van der Waals surface area contributed by atoms with Gasteiger partial charge in [-0.25, -0.2) is 4.39 Å². The fourth-order valence-electron chi connectivity index (χ4n) is 6.40. The third-order valence-corrected chi connectivity index (χ3v) is 7.73. The van der Waals surface area contributed by atoms with Crippen LogP contribution in [-0.4, -0.2) is 29.5 Å². The number of aliphatic hydroxyl groups is 1. The number of allylic oxidation sites excluding steroid dienone is 3. The molecule has 3 nitrogen and oxygen atoms in total. The molecule has 0 heterocycles. The molecule has 0 saturated heterocycles. The van der Waals surface area contributed by atoms with Gasteiger partial charge in [0, 0.05) is 17.8 Å². The number of rotatable bonds is 1. The zero-order valence-electron chi connectivity index (χ0n) is 15.4. The Balaban J connectivity index is 1.70. The van der Waals surface area contributed by atoms with E-state index in [1.807, 2.05) is 6.08 Å². The first-order valence-electron chi connectivity index (χ1n) is 9.65.